The fourth-order valence-electron chi connectivity index (χ4n) is 4.36. The summed E-state index contributed by atoms with van der Waals surface area (Å²) >= 11 is 3.52. The molecule has 7 nitrogen and oxygen atoms in total. The molecule has 2 amide bonds. The van der Waals surface area contributed by atoms with Crippen molar-refractivity contribution in [1.82, 2.24) is 0 Å². The molecule has 164 valence electrons. The van der Waals surface area contributed by atoms with E-state index in [4.69, 9.17) is 14.8 Å². The topological polar surface area (TPSA) is 82.9 Å². The summed E-state index contributed by atoms with van der Waals surface area (Å²) in [5.74, 6) is -0.849. The zero-order chi connectivity index (χ0) is 23.1. The summed E-state index contributed by atoms with van der Waals surface area (Å²) in [6, 6.07) is 22.8. The molecule has 2 fully saturated rings. The molecule has 2 aliphatic rings. The van der Waals surface area contributed by atoms with E-state index in [9.17, 15) is 9.59 Å². The van der Waals surface area contributed by atoms with Gasteiger partial charge in [-0.3, -0.25) is 14.4 Å². The average molecular weight is 504 g/mol. The first-order valence-corrected chi connectivity index (χ1v) is 11.0. The van der Waals surface area contributed by atoms with Crippen LogP contribution in [0.15, 0.2) is 77.3 Å². The summed E-state index contributed by atoms with van der Waals surface area (Å²) in [6.45, 7) is 0. The van der Waals surface area contributed by atoms with Crippen LogP contribution in [0.5, 0.6) is 5.75 Å². The SMILES string of the molecule is COc1ccc([C@@H]2[C@H]3C(=O)N(c4ccc(C#N)cc4)C(=O)[C@@H]3ON2c2ccccc2)cc1Br. The lowest BCUT2D eigenvalue weighted by atomic mass is 9.90. The van der Waals surface area contributed by atoms with E-state index >= 15 is 0 Å². The minimum absolute atomic E-state index is 0.343. The van der Waals surface area contributed by atoms with Gasteiger partial charge in [0.2, 0.25) is 5.91 Å². The molecular formula is C25H18BrN3O4. The molecule has 2 saturated heterocycles. The average Bonchev–Trinajstić information content (AvgIpc) is 3.35. The molecule has 0 N–H and O–H groups in total. The summed E-state index contributed by atoms with van der Waals surface area (Å²) in [6.07, 6.45) is -0.959. The molecule has 2 aliphatic heterocycles. The quantitative estimate of drug-likeness (QED) is 0.491. The van der Waals surface area contributed by atoms with Crippen LogP contribution in [0.4, 0.5) is 11.4 Å². The lowest BCUT2D eigenvalue weighted by Gasteiger charge is -2.29. The van der Waals surface area contributed by atoms with E-state index < -0.39 is 24.0 Å². The highest BCUT2D eigenvalue weighted by Gasteiger charge is 2.60. The standard InChI is InChI=1S/C25H18BrN3O4/c1-32-20-12-9-16(13-19(20)26)22-21-23(33-29(22)18-5-3-2-4-6-18)25(31)28(24(21)30)17-10-7-15(14-27)8-11-17/h2-13,21-23H,1H3/t21-,22-,23-/m1/s1. The Bertz CT molecular complexity index is 1270. The molecule has 0 spiro atoms. The smallest absolute Gasteiger partial charge is 0.266 e. The number of ether oxygens (including phenoxy) is 1. The summed E-state index contributed by atoms with van der Waals surface area (Å²) in [7, 11) is 1.58. The van der Waals surface area contributed by atoms with E-state index in [1.54, 1.807) is 36.4 Å². The molecule has 3 aromatic rings. The number of nitriles is 1. The second kappa shape index (κ2) is 8.35. The molecule has 3 aromatic carbocycles. The number of rotatable bonds is 4. The minimum atomic E-state index is -0.959. The number of hydroxylamine groups is 1. The van der Waals surface area contributed by atoms with Crippen molar-refractivity contribution in [3.05, 3.63) is 88.4 Å². The van der Waals surface area contributed by atoms with Crippen molar-refractivity contribution in [3.8, 4) is 11.8 Å². The molecule has 0 bridgehead atoms. The van der Waals surface area contributed by atoms with Crippen LogP contribution in [0.1, 0.15) is 17.2 Å². The van der Waals surface area contributed by atoms with Crippen molar-refractivity contribution in [1.29, 1.82) is 5.26 Å². The number of benzene rings is 3. The van der Waals surface area contributed by atoms with Crippen molar-refractivity contribution in [3.63, 3.8) is 0 Å². The number of carbonyl (C=O) groups is 2. The molecular weight excluding hydrogens is 486 g/mol. The highest BCUT2D eigenvalue weighted by Crippen LogP contribution is 2.48. The number of methoxy groups -OCH3 is 1. The fraction of sp³-hybridized carbons (Fsp3) is 0.160. The van der Waals surface area contributed by atoms with Crippen LogP contribution < -0.4 is 14.7 Å². The van der Waals surface area contributed by atoms with Gasteiger partial charge in [0.15, 0.2) is 6.10 Å². The number of nitrogens with zero attached hydrogens (tertiary/aromatic N) is 3. The number of para-hydroxylation sites is 1. The minimum Gasteiger partial charge on any atom is -0.496 e. The lowest BCUT2D eigenvalue weighted by molar-refractivity contribution is -0.126. The number of hydrogen-bond donors (Lipinski definition) is 0. The van der Waals surface area contributed by atoms with Gasteiger partial charge in [-0.05, 0) is 70.0 Å². The molecule has 0 aliphatic carbocycles. The molecule has 2 heterocycles. The first kappa shape index (κ1) is 21.2. The maximum atomic E-state index is 13.6. The highest BCUT2D eigenvalue weighted by atomic mass is 79.9. The highest BCUT2D eigenvalue weighted by molar-refractivity contribution is 9.10. The van der Waals surface area contributed by atoms with Gasteiger partial charge in [0.05, 0.1) is 40.6 Å². The molecule has 0 radical (unpaired) electrons. The van der Waals surface area contributed by atoms with Crippen LogP contribution in [0.2, 0.25) is 0 Å². The van der Waals surface area contributed by atoms with Gasteiger partial charge in [-0.2, -0.15) is 5.26 Å². The predicted molar refractivity (Wildman–Crippen MR) is 124 cm³/mol. The molecule has 8 heteroatoms. The Hall–Kier alpha value is -3.67. The van der Waals surface area contributed by atoms with Crippen LogP contribution in [0.3, 0.4) is 0 Å². The number of hydrogen-bond acceptors (Lipinski definition) is 6. The number of fused-ring (bicyclic) bond motifs is 1. The van der Waals surface area contributed by atoms with Gasteiger partial charge in [0.25, 0.3) is 5.91 Å². The molecule has 5 rings (SSSR count). The normalized spacial score (nSPS) is 21.8. The Balaban J connectivity index is 1.58. The van der Waals surface area contributed by atoms with Gasteiger partial charge in [0.1, 0.15) is 11.7 Å². The van der Waals surface area contributed by atoms with Crippen LogP contribution in [-0.4, -0.2) is 25.0 Å². The fourth-order valence-corrected chi connectivity index (χ4v) is 4.92. The van der Waals surface area contributed by atoms with Crippen LogP contribution in [0, 0.1) is 17.2 Å². The van der Waals surface area contributed by atoms with Crippen molar-refractivity contribution >= 4 is 39.1 Å². The monoisotopic (exact) mass is 503 g/mol. The molecule has 3 atom stereocenters. The Morgan fingerprint density at radius 1 is 0.970 bits per heavy atom. The number of amides is 2. The lowest BCUT2D eigenvalue weighted by Crippen LogP contribution is -2.37. The Kier molecular flexibility index (Phi) is 5.36. The Morgan fingerprint density at radius 3 is 2.33 bits per heavy atom. The van der Waals surface area contributed by atoms with Crippen LogP contribution >= 0.6 is 15.9 Å². The third-order valence-electron chi connectivity index (χ3n) is 5.90. The second-order valence-electron chi connectivity index (χ2n) is 7.72. The van der Waals surface area contributed by atoms with E-state index in [2.05, 4.69) is 15.9 Å². The van der Waals surface area contributed by atoms with Gasteiger partial charge in [-0.25, -0.2) is 9.96 Å². The number of anilines is 2. The maximum absolute atomic E-state index is 13.6. The number of imide groups is 1. The first-order valence-electron chi connectivity index (χ1n) is 10.3. The van der Waals surface area contributed by atoms with Crippen molar-refractivity contribution in [2.24, 2.45) is 5.92 Å². The summed E-state index contributed by atoms with van der Waals surface area (Å²) in [5, 5.41) is 10.7. The van der Waals surface area contributed by atoms with Crippen molar-refractivity contribution in [2.45, 2.75) is 12.1 Å². The van der Waals surface area contributed by atoms with E-state index in [1.165, 1.54) is 0 Å². The van der Waals surface area contributed by atoms with Crippen LogP contribution in [0.25, 0.3) is 0 Å². The molecule has 0 aromatic heterocycles. The maximum Gasteiger partial charge on any atom is 0.266 e. The number of halogens is 1. The molecule has 0 unspecified atom stereocenters. The third kappa shape index (κ3) is 3.46. The third-order valence-corrected chi connectivity index (χ3v) is 6.52. The van der Waals surface area contributed by atoms with Gasteiger partial charge in [-0.15, -0.1) is 0 Å². The first-order chi connectivity index (χ1) is 16.0. The predicted octanol–water partition coefficient (Wildman–Crippen LogP) is 4.38. The Labute approximate surface area is 198 Å². The van der Waals surface area contributed by atoms with E-state index in [0.717, 1.165) is 20.6 Å². The Morgan fingerprint density at radius 2 is 1.70 bits per heavy atom. The van der Waals surface area contributed by atoms with E-state index in [0.29, 0.717) is 17.0 Å². The molecule has 0 saturated carbocycles. The summed E-state index contributed by atoms with van der Waals surface area (Å²) in [5.41, 5.74) is 2.42. The van der Waals surface area contributed by atoms with Gasteiger partial charge >= 0.3 is 0 Å². The largest absolute Gasteiger partial charge is 0.496 e. The van der Waals surface area contributed by atoms with Gasteiger partial charge in [0, 0.05) is 0 Å². The summed E-state index contributed by atoms with van der Waals surface area (Å²) in [4.78, 5) is 34.2. The van der Waals surface area contributed by atoms with E-state index in [1.807, 2.05) is 54.6 Å². The van der Waals surface area contributed by atoms with E-state index in [-0.39, 0.29) is 5.91 Å². The summed E-state index contributed by atoms with van der Waals surface area (Å²) < 4.78 is 6.08. The zero-order valence-corrected chi connectivity index (χ0v) is 19.1. The van der Waals surface area contributed by atoms with Crippen molar-refractivity contribution in [2.75, 3.05) is 17.1 Å². The zero-order valence-electron chi connectivity index (χ0n) is 17.5. The van der Waals surface area contributed by atoms with Crippen LogP contribution in [-0.2, 0) is 14.4 Å². The van der Waals surface area contributed by atoms with Gasteiger partial charge < -0.3 is 4.74 Å². The van der Waals surface area contributed by atoms with Gasteiger partial charge in [-0.1, -0.05) is 24.3 Å². The number of carbonyl (C=O) groups excluding carboxylic acids is 2. The van der Waals surface area contributed by atoms with Crippen molar-refractivity contribution < 1.29 is 19.2 Å². The second-order valence-corrected chi connectivity index (χ2v) is 8.58. The molecule has 33 heavy (non-hydrogen) atoms.